The molecule has 1 heterocycles. The second-order valence-electron chi connectivity index (χ2n) is 4.50. The molecule has 1 aromatic carbocycles. The van der Waals surface area contributed by atoms with E-state index in [4.69, 9.17) is 4.74 Å². The number of nitrogens with one attached hydrogen (secondary N) is 1. The summed E-state index contributed by atoms with van der Waals surface area (Å²) < 4.78 is 6.13. The van der Waals surface area contributed by atoms with Gasteiger partial charge in [0.15, 0.2) is 0 Å². The van der Waals surface area contributed by atoms with Gasteiger partial charge < -0.3 is 10.1 Å². The third-order valence-corrected chi connectivity index (χ3v) is 3.53. The van der Waals surface area contributed by atoms with Gasteiger partial charge in [-0.2, -0.15) is 0 Å². The van der Waals surface area contributed by atoms with Crippen molar-refractivity contribution in [3.63, 3.8) is 0 Å². The predicted octanol–water partition coefficient (Wildman–Crippen LogP) is 4.08. The van der Waals surface area contributed by atoms with Crippen LogP contribution in [0.1, 0.15) is 16.7 Å². The number of anilines is 1. The molecule has 0 fully saturated rings. The molecule has 0 saturated carbocycles. The lowest BCUT2D eigenvalue weighted by Gasteiger charge is -2.13. The normalized spacial score (nSPS) is 10.3. The smallest absolute Gasteiger partial charge is 0.212 e. The molecule has 1 N–H and O–H groups in total. The average Bonchev–Trinajstić information content (AvgIpc) is 2.38. The van der Waals surface area contributed by atoms with Crippen LogP contribution in [0.3, 0.4) is 0 Å². The van der Waals surface area contributed by atoms with E-state index >= 15 is 0 Å². The van der Waals surface area contributed by atoms with E-state index in [0.717, 1.165) is 22.3 Å². The monoisotopic (exact) mass is 320 g/mol. The molecule has 4 heteroatoms. The number of aromatic nitrogens is 1. The second-order valence-corrected chi connectivity index (χ2v) is 5.36. The maximum Gasteiger partial charge on any atom is 0.212 e. The molecule has 19 heavy (non-hydrogen) atoms. The van der Waals surface area contributed by atoms with Crippen LogP contribution in [0.15, 0.2) is 34.9 Å². The molecule has 0 spiro atoms. The van der Waals surface area contributed by atoms with Crippen molar-refractivity contribution < 1.29 is 4.74 Å². The SMILES string of the molecule is COc1ccc(CNc2c(C)cc(C)cc2Br)cn1. The van der Waals surface area contributed by atoms with Gasteiger partial charge in [0.1, 0.15) is 0 Å². The van der Waals surface area contributed by atoms with E-state index in [0.29, 0.717) is 5.88 Å². The Morgan fingerprint density at radius 1 is 1.26 bits per heavy atom. The number of benzene rings is 1. The van der Waals surface area contributed by atoms with Crippen LogP contribution in [0.2, 0.25) is 0 Å². The van der Waals surface area contributed by atoms with E-state index < -0.39 is 0 Å². The number of rotatable bonds is 4. The topological polar surface area (TPSA) is 34.1 Å². The van der Waals surface area contributed by atoms with Gasteiger partial charge in [0.05, 0.1) is 12.8 Å². The Morgan fingerprint density at radius 3 is 2.63 bits per heavy atom. The zero-order chi connectivity index (χ0) is 13.8. The first-order valence-electron chi connectivity index (χ1n) is 6.09. The third kappa shape index (κ3) is 3.47. The summed E-state index contributed by atoms with van der Waals surface area (Å²) in [7, 11) is 1.62. The van der Waals surface area contributed by atoms with Gasteiger partial charge >= 0.3 is 0 Å². The molecule has 0 saturated heterocycles. The molecule has 100 valence electrons. The first kappa shape index (κ1) is 13.9. The number of hydrogen-bond acceptors (Lipinski definition) is 3. The molecular weight excluding hydrogens is 304 g/mol. The molecule has 0 atom stereocenters. The maximum atomic E-state index is 5.04. The van der Waals surface area contributed by atoms with Crippen molar-refractivity contribution >= 4 is 21.6 Å². The highest BCUT2D eigenvalue weighted by molar-refractivity contribution is 9.10. The molecular formula is C15H17BrN2O. The van der Waals surface area contributed by atoms with Gasteiger partial charge in [0.2, 0.25) is 5.88 Å². The number of pyridine rings is 1. The lowest BCUT2D eigenvalue weighted by atomic mass is 10.1. The predicted molar refractivity (Wildman–Crippen MR) is 81.7 cm³/mol. The van der Waals surface area contributed by atoms with Gasteiger partial charge in [-0.25, -0.2) is 4.98 Å². The summed E-state index contributed by atoms with van der Waals surface area (Å²) in [4.78, 5) is 4.19. The molecule has 2 rings (SSSR count). The number of halogens is 1. The molecule has 0 amide bonds. The van der Waals surface area contributed by atoms with Crippen molar-refractivity contribution in [2.24, 2.45) is 0 Å². The largest absolute Gasteiger partial charge is 0.481 e. The van der Waals surface area contributed by atoms with Gasteiger partial charge in [0.25, 0.3) is 0 Å². The van der Waals surface area contributed by atoms with E-state index in [1.807, 2.05) is 18.3 Å². The zero-order valence-electron chi connectivity index (χ0n) is 11.3. The van der Waals surface area contributed by atoms with E-state index in [2.05, 4.69) is 52.2 Å². The molecule has 0 radical (unpaired) electrons. The quantitative estimate of drug-likeness (QED) is 0.921. The second kappa shape index (κ2) is 6.06. The zero-order valence-corrected chi connectivity index (χ0v) is 12.9. The van der Waals surface area contributed by atoms with Crippen molar-refractivity contribution in [2.75, 3.05) is 12.4 Å². The summed E-state index contributed by atoms with van der Waals surface area (Å²) in [5.74, 6) is 0.636. The Hall–Kier alpha value is -1.55. The molecule has 0 unspecified atom stereocenters. The van der Waals surface area contributed by atoms with E-state index in [1.54, 1.807) is 7.11 Å². The minimum atomic E-state index is 0.636. The minimum Gasteiger partial charge on any atom is -0.481 e. The van der Waals surface area contributed by atoms with Gasteiger partial charge in [-0.15, -0.1) is 0 Å². The highest BCUT2D eigenvalue weighted by Crippen LogP contribution is 2.28. The van der Waals surface area contributed by atoms with Crippen LogP contribution < -0.4 is 10.1 Å². The van der Waals surface area contributed by atoms with Crippen LogP contribution >= 0.6 is 15.9 Å². The number of nitrogens with zero attached hydrogens (tertiary/aromatic N) is 1. The van der Waals surface area contributed by atoms with Crippen molar-refractivity contribution in [1.29, 1.82) is 0 Å². The lowest BCUT2D eigenvalue weighted by Crippen LogP contribution is -2.03. The van der Waals surface area contributed by atoms with Gasteiger partial charge in [-0.1, -0.05) is 12.1 Å². The van der Waals surface area contributed by atoms with E-state index in [-0.39, 0.29) is 0 Å². The molecule has 3 nitrogen and oxygen atoms in total. The number of ether oxygens (including phenoxy) is 1. The minimum absolute atomic E-state index is 0.636. The first-order valence-corrected chi connectivity index (χ1v) is 6.89. The van der Waals surface area contributed by atoms with Crippen LogP contribution in [0, 0.1) is 13.8 Å². The summed E-state index contributed by atoms with van der Waals surface area (Å²) in [5, 5.41) is 3.43. The molecule has 0 aliphatic carbocycles. The fraction of sp³-hybridized carbons (Fsp3) is 0.267. The highest BCUT2D eigenvalue weighted by Gasteiger charge is 2.05. The van der Waals surface area contributed by atoms with Gasteiger partial charge in [0, 0.05) is 23.3 Å². The number of methoxy groups -OCH3 is 1. The average molecular weight is 321 g/mol. The summed E-state index contributed by atoms with van der Waals surface area (Å²) in [6.07, 6.45) is 1.82. The Balaban J connectivity index is 2.10. The van der Waals surface area contributed by atoms with Crippen molar-refractivity contribution in [2.45, 2.75) is 20.4 Å². The summed E-state index contributed by atoms with van der Waals surface area (Å²) in [6, 6.07) is 8.16. The summed E-state index contributed by atoms with van der Waals surface area (Å²) in [6.45, 7) is 4.93. The Bertz CT molecular complexity index is 544. The first-order chi connectivity index (χ1) is 9.10. The van der Waals surface area contributed by atoms with E-state index in [1.165, 1.54) is 11.1 Å². The fourth-order valence-corrected chi connectivity index (χ4v) is 2.78. The summed E-state index contributed by atoms with van der Waals surface area (Å²) in [5.41, 5.74) is 4.73. The Kier molecular flexibility index (Phi) is 4.43. The number of aryl methyl sites for hydroxylation is 2. The van der Waals surface area contributed by atoms with Crippen LogP contribution in [-0.4, -0.2) is 12.1 Å². The standard InChI is InChI=1S/C15H17BrN2O/c1-10-6-11(2)15(13(16)7-10)18-9-12-4-5-14(19-3)17-8-12/h4-8,18H,9H2,1-3H3. The Labute approximate surface area is 122 Å². The molecule has 0 aliphatic rings. The van der Waals surface area contributed by atoms with Crippen LogP contribution in [-0.2, 0) is 6.54 Å². The highest BCUT2D eigenvalue weighted by atomic mass is 79.9. The number of hydrogen-bond donors (Lipinski definition) is 1. The van der Waals surface area contributed by atoms with Crippen LogP contribution in [0.25, 0.3) is 0 Å². The van der Waals surface area contributed by atoms with Crippen LogP contribution in [0.5, 0.6) is 5.88 Å². The molecule has 2 aromatic rings. The van der Waals surface area contributed by atoms with Gasteiger partial charge in [-0.05, 0) is 52.5 Å². The molecule has 1 aromatic heterocycles. The van der Waals surface area contributed by atoms with Crippen molar-refractivity contribution in [3.8, 4) is 5.88 Å². The van der Waals surface area contributed by atoms with E-state index in [9.17, 15) is 0 Å². The third-order valence-electron chi connectivity index (χ3n) is 2.91. The van der Waals surface area contributed by atoms with Crippen molar-refractivity contribution in [1.82, 2.24) is 4.98 Å². The van der Waals surface area contributed by atoms with Crippen LogP contribution in [0.4, 0.5) is 5.69 Å². The van der Waals surface area contributed by atoms with Crippen molar-refractivity contribution in [3.05, 3.63) is 51.6 Å². The van der Waals surface area contributed by atoms with Gasteiger partial charge in [-0.3, -0.25) is 0 Å². The molecule has 0 bridgehead atoms. The lowest BCUT2D eigenvalue weighted by molar-refractivity contribution is 0.397. The Morgan fingerprint density at radius 2 is 2.05 bits per heavy atom. The molecule has 0 aliphatic heterocycles. The maximum absolute atomic E-state index is 5.04. The fourth-order valence-electron chi connectivity index (χ4n) is 1.97. The summed E-state index contributed by atoms with van der Waals surface area (Å²) >= 11 is 3.60.